The first-order valence-electron chi connectivity index (χ1n) is 8.32. The van der Waals surface area contributed by atoms with Crippen LogP contribution < -0.4 is 0 Å². The van der Waals surface area contributed by atoms with Gasteiger partial charge in [-0.25, -0.2) is 0 Å². The second-order valence-corrected chi connectivity index (χ2v) is 7.60. The van der Waals surface area contributed by atoms with Gasteiger partial charge in [-0.15, -0.1) is 0 Å². The lowest BCUT2D eigenvalue weighted by Gasteiger charge is -2.53. The number of aliphatic hydroxyl groups excluding tert-OH is 1. The summed E-state index contributed by atoms with van der Waals surface area (Å²) in [5.41, 5.74) is 0.949. The predicted molar refractivity (Wildman–Crippen MR) is 92.6 cm³/mol. The molecule has 1 aliphatic heterocycles. The van der Waals surface area contributed by atoms with Gasteiger partial charge in [0.1, 0.15) is 0 Å². The maximum atomic E-state index is 9.46. The summed E-state index contributed by atoms with van der Waals surface area (Å²) < 4.78 is 6.43. The zero-order chi connectivity index (χ0) is 16.4. The van der Waals surface area contributed by atoms with Gasteiger partial charge >= 0.3 is 0 Å². The first-order chi connectivity index (χ1) is 10.3. The molecule has 4 atom stereocenters. The van der Waals surface area contributed by atoms with Crippen molar-refractivity contribution in [3.05, 3.63) is 42.0 Å². The Bertz CT molecular complexity index is 506. The average Bonchev–Trinajstić information content (AvgIpc) is 2.49. The molecule has 0 aromatic heterocycles. The van der Waals surface area contributed by atoms with Gasteiger partial charge < -0.3 is 9.84 Å². The minimum atomic E-state index is -0.251. The van der Waals surface area contributed by atoms with Crippen LogP contribution in [0.25, 0.3) is 6.08 Å². The highest BCUT2D eigenvalue weighted by Gasteiger charge is 2.49. The van der Waals surface area contributed by atoms with Crippen molar-refractivity contribution in [2.45, 2.75) is 52.7 Å². The third-order valence-corrected chi connectivity index (χ3v) is 5.40. The van der Waals surface area contributed by atoms with Crippen molar-refractivity contribution in [2.75, 3.05) is 6.61 Å². The minimum Gasteiger partial charge on any atom is -0.396 e. The number of ether oxygens (including phenoxy) is 1. The number of aliphatic hydroxyl groups is 1. The number of hydrogen-bond acceptors (Lipinski definition) is 2. The molecule has 122 valence electrons. The lowest BCUT2D eigenvalue weighted by Crippen LogP contribution is -2.54. The molecule has 1 heterocycles. The van der Waals surface area contributed by atoms with Gasteiger partial charge in [0, 0.05) is 17.9 Å². The van der Waals surface area contributed by atoms with Gasteiger partial charge in [-0.2, -0.15) is 0 Å². The van der Waals surface area contributed by atoms with Crippen LogP contribution in [0.1, 0.15) is 46.6 Å². The quantitative estimate of drug-likeness (QED) is 0.885. The Labute approximate surface area is 135 Å². The van der Waals surface area contributed by atoms with Gasteiger partial charge in [0.15, 0.2) is 0 Å². The molecule has 0 amide bonds. The minimum absolute atomic E-state index is 0.0199. The van der Waals surface area contributed by atoms with Crippen molar-refractivity contribution in [3.63, 3.8) is 0 Å². The molecule has 0 aliphatic carbocycles. The van der Waals surface area contributed by atoms with Gasteiger partial charge in [-0.05, 0) is 31.7 Å². The van der Waals surface area contributed by atoms with Gasteiger partial charge in [-0.1, -0.05) is 63.3 Å². The second kappa shape index (κ2) is 6.55. The largest absolute Gasteiger partial charge is 0.396 e. The van der Waals surface area contributed by atoms with E-state index in [1.807, 2.05) is 6.07 Å². The van der Waals surface area contributed by atoms with Crippen molar-refractivity contribution in [2.24, 2.45) is 17.3 Å². The first kappa shape index (κ1) is 17.2. The van der Waals surface area contributed by atoms with Crippen molar-refractivity contribution < 1.29 is 9.84 Å². The number of rotatable bonds is 4. The van der Waals surface area contributed by atoms with Crippen LogP contribution in [0.15, 0.2) is 36.4 Å². The molecule has 0 spiro atoms. The SMILES string of the molecule is C[C@@H](CO)C1OC(C)(C)[C@](C)(/C=C/c2ccccc2)C[C@@H]1C. The fourth-order valence-electron chi connectivity index (χ4n) is 3.52. The highest BCUT2D eigenvalue weighted by atomic mass is 16.5. The molecule has 2 nitrogen and oxygen atoms in total. The van der Waals surface area contributed by atoms with E-state index in [1.165, 1.54) is 5.56 Å². The summed E-state index contributed by atoms with van der Waals surface area (Å²) in [7, 11) is 0. The molecular formula is C20H30O2. The molecule has 0 bridgehead atoms. The third kappa shape index (κ3) is 3.44. The third-order valence-electron chi connectivity index (χ3n) is 5.40. The number of benzene rings is 1. The molecule has 1 unspecified atom stereocenters. The topological polar surface area (TPSA) is 29.5 Å². The Morgan fingerprint density at radius 1 is 1.27 bits per heavy atom. The van der Waals surface area contributed by atoms with Crippen LogP contribution >= 0.6 is 0 Å². The Morgan fingerprint density at radius 3 is 2.50 bits per heavy atom. The van der Waals surface area contributed by atoms with E-state index in [9.17, 15) is 5.11 Å². The van der Waals surface area contributed by atoms with Crippen LogP contribution in [0.3, 0.4) is 0 Å². The molecule has 1 fully saturated rings. The summed E-state index contributed by atoms with van der Waals surface area (Å²) in [5, 5.41) is 9.46. The molecule has 1 saturated heterocycles. The van der Waals surface area contributed by atoms with E-state index in [4.69, 9.17) is 4.74 Å². The monoisotopic (exact) mass is 302 g/mol. The smallest absolute Gasteiger partial charge is 0.0718 e. The molecule has 2 heteroatoms. The highest BCUT2D eigenvalue weighted by molar-refractivity contribution is 5.50. The Hall–Kier alpha value is -1.12. The van der Waals surface area contributed by atoms with E-state index < -0.39 is 0 Å². The molecular weight excluding hydrogens is 272 g/mol. The lowest BCUT2D eigenvalue weighted by molar-refractivity contribution is -0.204. The van der Waals surface area contributed by atoms with Crippen molar-refractivity contribution >= 4 is 6.08 Å². The second-order valence-electron chi connectivity index (χ2n) is 7.60. The van der Waals surface area contributed by atoms with Crippen LogP contribution in [0.4, 0.5) is 0 Å². The molecule has 0 radical (unpaired) electrons. The van der Waals surface area contributed by atoms with E-state index in [2.05, 4.69) is 71.0 Å². The Morgan fingerprint density at radius 2 is 1.91 bits per heavy atom. The maximum Gasteiger partial charge on any atom is 0.0718 e. The van der Waals surface area contributed by atoms with Gasteiger partial charge in [0.2, 0.25) is 0 Å². The van der Waals surface area contributed by atoms with E-state index in [1.54, 1.807) is 0 Å². The molecule has 22 heavy (non-hydrogen) atoms. The molecule has 0 saturated carbocycles. The first-order valence-corrected chi connectivity index (χ1v) is 8.32. The highest BCUT2D eigenvalue weighted by Crippen LogP contribution is 2.49. The van der Waals surface area contributed by atoms with Crippen LogP contribution in [-0.4, -0.2) is 23.4 Å². The standard InChI is InChI=1S/C20H30O2/c1-15-13-20(5,12-11-17-9-7-6-8-10-17)19(3,4)22-18(15)16(2)14-21/h6-12,15-16,18,21H,13-14H2,1-5H3/b12-11+/t15-,16-,18?,20+/m0/s1. The summed E-state index contributed by atoms with van der Waals surface area (Å²) >= 11 is 0. The molecule has 1 aromatic rings. The predicted octanol–water partition coefficient (Wildman–Crippen LogP) is 4.54. The van der Waals surface area contributed by atoms with Crippen molar-refractivity contribution in [3.8, 4) is 0 Å². The Balaban J connectivity index is 2.21. The molecule has 1 aliphatic rings. The summed E-state index contributed by atoms with van der Waals surface area (Å²) in [6.07, 6.45) is 5.70. The fraction of sp³-hybridized carbons (Fsp3) is 0.600. The van der Waals surface area contributed by atoms with Gasteiger partial charge in [0.25, 0.3) is 0 Å². The summed E-state index contributed by atoms with van der Waals surface area (Å²) in [6.45, 7) is 11.1. The Kier molecular flexibility index (Phi) is 5.14. The van der Waals surface area contributed by atoms with E-state index in [-0.39, 0.29) is 29.6 Å². The summed E-state index contributed by atoms with van der Waals surface area (Å²) in [4.78, 5) is 0. The molecule has 1 aromatic carbocycles. The fourth-order valence-corrected chi connectivity index (χ4v) is 3.52. The normalized spacial score (nSPS) is 33.0. The van der Waals surface area contributed by atoms with Crippen molar-refractivity contribution in [1.82, 2.24) is 0 Å². The molecule has 1 N–H and O–H groups in total. The van der Waals surface area contributed by atoms with Crippen molar-refractivity contribution in [1.29, 1.82) is 0 Å². The van der Waals surface area contributed by atoms with Crippen LogP contribution in [0.5, 0.6) is 0 Å². The van der Waals surface area contributed by atoms with Crippen LogP contribution in [0, 0.1) is 17.3 Å². The van der Waals surface area contributed by atoms with Crippen LogP contribution in [-0.2, 0) is 4.74 Å². The van der Waals surface area contributed by atoms with Gasteiger partial charge in [0.05, 0.1) is 11.7 Å². The zero-order valence-corrected chi connectivity index (χ0v) is 14.5. The molecule has 2 rings (SSSR count). The zero-order valence-electron chi connectivity index (χ0n) is 14.5. The summed E-state index contributed by atoms with van der Waals surface area (Å²) in [6, 6.07) is 10.4. The number of hydrogen-bond donors (Lipinski definition) is 1. The average molecular weight is 302 g/mol. The summed E-state index contributed by atoms with van der Waals surface area (Å²) in [5.74, 6) is 0.609. The van der Waals surface area contributed by atoms with Gasteiger partial charge in [-0.3, -0.25) is 0 Å². The maximum absolute atomic E-state index is 9.46. The van der Waals surface area contributed by atoms with E-state index >= 15 is 0 Å². The van der Waals surface area contributed by atoms with Crippen LogP contribution in [0.2, 0.25) is 0 Å². The van der Waals surface area contributed by atoms with E-state index in [0.29, 0.717) is 5.92 Å². The van der Waals surface area contributed by atoms with E-state index in [0.717, 1.165) is 6.42 Å². The lowest BCUT2D eigenvalue weighted by atomic mass is 9.65.